The smallest absolute Gasteiger partial charge is 0.0293 e. The van der Waals surface area contributed by atoms with Gasteiger partial charge < -0.3 is 0 Å². The third-order valence-corrected chi connectivity index (χ3v) is 3.98. The van der Waals surface area contributed by atoms with E-state index in [0.717, 1.165) is 12.0 Å². The molecule has 3 unspecified atom stereocenters. The Kier molecular flexibility index (Phi) is 2.10. The fraction of sp³-hybridized carbons (Fsp3) is 0.571. The second-order valence-electron chi connectivity index (χ2n) is 5.28. The first-order chi connectivity index (χ1) is 7.25. The maximum absolute atomic E-state index is 2.58. The van der Waals surface area contributed by atoms with Crippen LogP contribution in [0.2, 0.25) is 0 Å². The largest absolute Gasteiger partial charge is 0.297 e. The molecule has 2 fully saturated rings. The maximum atomic E-state index is 2.58. The molecule has 3 rings (SSSR count). The quantitative estimate of drug-likeness (QED) is 0.665. The zero-order valence-corrected chi connectivity index (χ0v) is 9.61. The van der Waals surface area contributed by atoms with E-state index in [1.165, 1.54) is 25.1 Å². The molecule has 0 N–H and O–H groups in total. The molecule has 2 heterocycles. The second-order valence-corrected chi connectivity index (χ2v) is 5.28. The van der Waals surface area contributed by atoms with Gasteiger partial charge in [0.05, 0.1) is 0 Å². The van der Waals surface area contributed by atoms with E-state index < -0.39 is 0 Å². The zero-order chi connectivity index (χ0) is 10.4. The van der Waals surface area contributed by atoms with Crippen LogP contribution < -0.4 is 0 Å². The highest BCUT2D eigenvalue weighted by Gasteiger charge is 2.46. The summed E-state index contributed by atoms with van der Waals surface area (Å²) in [5.74, 6) is 1.48. The van der Waals surface area contributed by atoms with E-state index in [-0.39, 0.29) is 0 Å². The summed E-state index contributed by atoms with van der Waals surface area (Å²) in [5, 5.41) is 0. The number of fused-ring (bicyclic) bond motifs is 1. The Morgan fingerprint density at radius 3 is 2.40 bits per heavy atom. The molecule has 0 amide bonds. The van der Waals surface area contributed by atoms with Gasteiger partial charge >= 0.3 is 0 Å². The molecule has 0 spiro atoms. The van der Waals surface area contributed by atoms with Crippen molar-refractivity contribution in [3.8, 4) is 0 Å². The van der Waals surface area contributed by atoms with E-state index in [4.69, 9.17) is 0 Å². The molecular formula is C14H19N. The highest BCUT2D eigenvalue weighted by Crippen LogP contribution is 2.42. The third kappa shape index (κ3) is 1.59. The van der Waals surface area contributed by atoms with E-state index >= 15 is 0 Å². The van der Waals surface area contributed by atoms with Crippen LogP contribution in [0.4, 0.5) is 0 Å². The van der Waals surface area contributed by atoms with Gasteiger partial charge in [-0.25, -0.2) is 0 Å². The van der Waals surface area contributed by atoms with Crippen molar-refractivity contribution in [1.82, 2.24) is 4.90 Å². The molecule has 2 aliphatic rings. The number of piperidine rings is 1. The lowest BCUT2D eigenvalue weighted by molar-refractivity contribution is 0.593. The molecular weight excluding hydrogens is 182 g/mol. The Morgan fingerprint density at radius 1 is 1.20 bits per heavy atom. The third-order valence-electron chi connectivity index (χ3n) is 3.98. The topological polar surface area (TPSA) is 3.01 Å². The molecule has 0 aliphatic carbocycles. The van der Waals surface area contributed by atoms with Crippen molar-refractivity contribution < 1.29 is 0 Å². The molecule has 2 aliphatic heterocycles. The second kappa shape index (κ2) is 3.34. The average Bonchev–Trinajstić information content (AvgIpc) is 2.91. The van der Waals surface area contributed by atoms with E-state index in [1.807, 2.05) is 0 Å². The van der Waals surface area contributed by atoms with Crippen molar-refractivity contribution in [3.05, 3.63) is 35.4 Å². The van der Waals surface area contributed by atoms with Gasteiger partial charge in [0.1, 0.15) is 0 Å². The van der Waals surface area contributed by atoms with Crippen molar-refractivity contribution >= 4 is 0 Å². The van der Waals surface area contributed by atoms with Crippen molar-refractivity contribution in [2.24, 2.45) is 0 Å². The average molecular weight is 201 g/mol. The lowest BCUT2D eigenvalue weighted by Gasteiger charge is -2.12. The van der Waals surface area contributed by atoms with Crippen LogP contribution in [-0.4, -0.2) is 24.0 Å². The SMILES string of the molecule is CC(C)c1ccc(C2CCN3CC23)cc1. The maximum Gasteiger partial charge on any atom is 0.0293 e. The van der Waals surface area contributed by atoms with Crippen molar-refractivity contribution in [2.75, 3.05) is 13.1 Å². The minimum atomic E-state index is 0.653. The number of nitrogens with zero attached hydrogens (tertiary/aromatic N) is 1. The molecule has 0 saturated carbocycles. The van der Waals surface area contributed by atoms with Crippen molar-refractivity contribution in [2.45, 2.75) is 38.1 Å². The predicted octanol–water partition coefficient (Wildman–Crippen LogP) is 2.98. The fourth-order valence-electron chi connectivity index (χ4n) is 2.85. The van der Waals surface area contributed by atoms with Crippen LogP contribution in [0.25, 0.3) is 0 Å². The van der Waals surface area contributed by atoms with Crippen LogP contribution in [0.5, 0.6) is 0 Å². The van der Waals surface area contributed by atoms with Gasteiger partial charge in [0.2, 0.25) is 0 Å². The number of rotatable bonds is 2. The number of benzene rings is 1. The Bertz CT molecular complexity index is 352. The van der Waals surface area contributed by atoms with Gasteiger partial charge in [-0.1, -0.05) is 38.1 Å². The highest BCUT2D eigenvalue weighted by atomic mass is 15.3. The summed E-state index contributed by atoms with van der Waals surface area (Å²) in [6, 6.07) is 10.2. The van der Waals surface area contributed by atoms with Crippen molar-refractivity contribution in [1.29, 1.82) is 0 Å². The number of hydrogen-bond acceptors (Lipinski definition) is 1. The standard InChI is InChI=1S/C14H19N/c1-10(2)11-3-5-12(6-4-11)13-7-8-15-9-14(13)15/h3-6,10,13-14H,7-9H2,1-2H3. The minimum absolute atomic E-state index is 0.653. The van der Waals surface area contributed by atoms with Crippen LogP contribution in [0.15, 0.2) is 24.3 Å². The monoisotopic (exact) mass is 201 g/mol. The van der Waals surface area contributed by atoms with Gasteiger partial charge in [0.25, 0.3) is 0 Å². The predicted molar refractivity (Wildman–Crippen MR) is 63.3 cm³/mol. The Labute approximate surface area is 92.1 Å². The summed E-state index contributed by atoms with van der Waals surface area (Å²) in [6.45, 7) is 7.18. The first-order valence-electron chi connectivity index (χ1n) is 6.09. The normalized spacial score (nSPS) is 33.1. The zero-order valence-electron chi connectivity index (χ0n) is 9.61. The molecule has 1 aromatic carbocycles. The summed E-state index contributed by atoms with van der Waals surface area (Å²) in [4.78, 5) is 2.58. The summed E-state index contributed by atoms with van der Waals surface area (Å²) in [5.41, 5.74) is 3.02. The van der Waals surface area contributed by atoms with Gasteiger partial charge in [0, 0.05) is 18.5 Å². The van der Waals surface area contributed by atoms with E-state index in [2.05, 4.69) is 43.0 Å². The Hall–Kier alpha value is -0.820. The lowest BCUT2D eigenvalue weighted by atomic mass is 9.92. The van der Waals surface area contributed by atoms with Crippen molar-refractivity contribution in [3.63, 3.8) is 0 Å². The van der Waals surface area contributed by atoms with E-state index in [9.17, 15) is 0 Å². The number of hydrogen-bond donors (Lipinski definition) is 0. The molecule has 3 atom stereocenters. The van der Waals surface area contributed by atoms with Gasteiger partial charge in [0.15, 0.2) is 0 Å². The Morgan fingerprint density at radius 2 is 1.93 bits per heavy atom. The highest BCUT2D eigenvalue weighted by molar-refractivity contribution is 5.30. The van der Waals surface area contributed by atoms with Crippen LogP contribution >= 0.6 is 0 Å². The van der Waals surface area contributed by atoms with E-state index in [1.54, 1.807) is 5.56 Å². The first-order valence-corrected chi connectivity index (χ1v) is 6.09. The molecule has 0 aromatic heterocycles. The molecule has 1 heteroatoms. The molecule has 80 valence electrons. The molecule has 0 radical (unpaired) electrons. The summed E-state index contributed by atoms with van der Waals surface area (Å²) in [7, 11) is 0. The van der Waals surface area contributed by atoms with Gasteiger partial charge in [-0.05, 0) is 30.0 Å². The van der Waals surface area contributed by atoms with Crippen LogP contribution in [0, 0.1) is 0 Å². The summed E-state index contributed by atoms with van der Waals surface area (Å²) in [6.07, 6.45) is 1.37. The van der Waals surface area contributed by atoms with Crippen LogP contribution in [-0.2, 0) is 0 Å². The van der Waals surface area contributed by atoms with Gasteiger partial charge in [-0.2, -0.15) is 0 Å². The molecule has 1 nitrogen and oxygen atoms in total. The van der Waals surface area contributed by atoms with Crippen LogP contribution in [0.1, 0.15) is 43.2 Å². The molecule has 15 heavy (non-hydrogen) atoms. The minimum Gasteiger partial charge on any atom is -0.297 e. The molecule has 0 bridgehead atoms. The van der Waals surface area contributed by atoms with Gasteiger partial charge in [-0.15, -0.1) is 0 Å². The van der Waals surface area contributed by atoms with Crippen LogP contribution in [0.3, 0.4) is 0 Å². The van der Waals surface area contributed by atoms with Gasteiger partial charge in [-0.3, -0.25) is 4.90 Å². The summed E-state index contributed by atoms with van der Waals surface area (Å²) >= 11 is 0. The molecule has 2 saturated heterocycles. The van der Waals surface area contributed by atoms with E-state index in [0.29, 0.717) is 5.92 Å². The summed E-state index contributed by atoms with van der Waals surface area (Å²) < 4.78 is 0. The fourth-order valence-corrected chi connectivity index (χ4v) is 2.85. The lowest BCUT2D eigenvalue weighted by Crippen LogP contribution is -2.03. The first kappa shape index (κ1) is 9.41. The molecule has 1 aromatic rings. The Balaban J connectivity index is 1.81.